The van der Waals surface area contributed by atoms with Crippen molar-refractivity contribution in [2.75, 3.05) is 32.7 Å². The maximum Gasteiger partial charge on any atom is 0.00502 e. The summed E-state index contributed by atoms with van der Waals surface area (Å²) >= 11 is 0. The Labute approximate surface area is 126 Å². The highest BCUT2D eigenvalue weighted by Crippen LogP contribution is 2.39. The largest absolute Gasteiger partial charge is 0.316 e. The second-order valence-electron chi connectivity index (χ2n) is 7.53. The maximum absolute atomic E-state index is 3.67. The minimum absolute atomic E-state index is 0.562. The van der Waals surface area contributed by atoms with E-state index in [1.165, 1.54) is 84.0 Å². The minimum Gasteiger partial charge on any atom is -0.316 e. The molecule has 0 amide bonds. The fourth-order valence-corrected chi connectivity index (χ4v) is 4.46. The van der Waals surface area contributed by atoms with Gasteiger partial charge in [0.05, 0.1) is 0 Å². The number of nitrogens with zero attached hydrogens (tertiary/aromatic N) is 1. The van der Waals surface area contributed by atoms with Gasteiger partial charge in [0, 0.05) is 13.1 Å². The fraction of sp³-hybridized carbons (Fsp3) is 1.00. The summed E-state index contributed by atoms with van der Waals surface area (Å²) in [7, 11) is 0. The smallest absolute Gasteiger partial charge is 0.00502 e. The van der Waals surface area contributed by atoms with Gasteiger partial charge in [-0.1, -0.05) is 46.0 Å². The van der Waals surface area contributed by atoms with Crippen LogP contribution in [0.3, 0.4) is 0 Å². The third-order valence-electron chi connectivity index (χ3n) is 5.44. The first-order valence-corrected chi connectivity index (χ1v) is 9.17. The number of nitrogens with one attached hydrogen (secondary N) is 1. The van der Waals surface area contributed by atoms with Crippen LogP contribution in [-0.4, -0.2) is 37.6 Å². The van der Waals surface area contributed by atoms with Crippen molar-refractivity contribution >= 4 is 0 Å². The average molecular weight is 280 g/mol. The summed E-state index contributed by atoms with van der Waals surface area (Å²) in [5, 5.41) is 3.67. The highest BCUT2D eigenvalue weighted by Gasteiger charge is 2.36. The molecule has 2 atom stereocenters. The molecule has 2 unspecified atom stereocenters. The van der Waals surface area contributed by atoms with E-state index in [4.69, 9.17) is 0 Å². The Morgan fingerprint density at radius 3 is 2.40 bits per heavy atom. The topological polar surface area (TPSA) is 15.3 Å². The molecule has 0 aromatic heterocycles. The number of hydrogen-bond donors (Lipinski definition) is 1. The van der Waals surface area contributed by atoms with Crippen LogP contribution in [-0.2, 0) is 0 Å². The zero-order valence-electron chi connectivity index (χ0n) is 13.9. The van der Waals surface area contributed by atoms with E-state index in [9.17, 15) is 0 Å². The average Bonchev–Trinajstić information content (AvgIpc) is 2.40. The first-order valence-electron chi connectivity index (χ1n) is 9.17. The van der Waals surface area contributed by atoms with Crippen LogP contribution in [0.15, 0.2) is 0 Å². The Balaban J connectivity index is 1.94. The lowest BCUT2D eigenvalue weighted by Crippen LogP contribution is -2.47. The van der Waals surface area contributed by atoms with Gasteiger partial charge in [-0.3, -0.25) is 0 Å². The molecule has 2 rings (SSSR count). The van der Waals surface area contributed by atoms with E-state index in [1.807, 2.05) is 0 Å². The Kier molecular flexibility index (Phi) is 6.83. The van der Waals surface area contributed by atoms with Gasteiger partial charge in [-0.15, -0.1) is 0 Å². The third-order valence-corrected chi connectivity index (χ3v) is 5.44. The van der Waals surface area contributed by atoms with Crippen molar-refractivity contribution in [3.8, 4) is 0 Å². The van der Waals surface area contributed by atoms with Crippen LogP contribution in [0.2, 0.25) is 0 Å². The van der Waals surface area contributed by atoms with E-state index in [0.717, 1.165) is 12.5 Å². The molecule has 0 aromatic carbocycles. The third kappa shape index (κ3) is 5.04. The van der Waals surface area contributed by atoms with Gasteiger partial charge in [-0.05, 0) is 56.7 Å². The summed E-state index contributed by atoms with van der Waals surface area (Å²) in [6, 6.07) is 0. The molecule has 1 aliphatic heterocycles. The molecule has 1 saturated carbocycles. The van der Waals surface area contributed by atoms with E-state index in [-0.39, 0.29) is 0 Å². The van der Waals surface area contributed by atoms with Crippen LogP contribution in [0.4, 0.5) is 0 Å². The van der Waals surface area contributed by atoms with Crippen molar-refractivity contribution in [2.45, 2.75) is 71.6 Å². The van der Waals surface area contributed by atoms with Crippen molar-refractivity contribution in [1.82, 2.24) is 10.2 Å². The summed E-state index contributed by atoms with van der Waals surface area (Å²) in [5.74, 6) is 0.928. The number of hydrogen-bond acceptors (Lipinski definition) is 2. The Morgan fingerprint density at radius 1 is 1.05 bits per heavy atom. The quantitative estimate of drug-likeness (QED) is 0.817. The molecule has 1 heterocycles. The van der Waals surface area contributed by atoms with Crippen molar-refractivity contribution in [2.24, 2.45) is 11.3 Å². The van der Waals surface area contributed by atoms with Gasteiger partial charge in [0.1, 0.15) is 0 Å². The molecular formula is C18H36N2. The van der Waals surface area contributed by atoms with Gasteiger partial charge in [-0.25, -0.2) is 0 Å². The molecule has 20 heavy (non-hydrogen) atoms. The molecular weight excluding hydrogens is 244 g/mol. The van der Waals surface area contributed by atoms with Gasteiger partial charge in [-0.2, -0.15) is 0 Å². The van der Waals surface area contributed by atoms with Gasteiger partial charge in [0.25, 0.3) is 0 Å². The summed E-state index contributed by atoms with van der Waals surface area (Å²) in [6.45, 7) is 11.1. The van der Waals surface area contributed by atoms with E-state index < -0.39 is 0 Å². The molecule has 0 radical (unpaired) electrons. The summed E-state index contributed by atoms with van der Waals surface area (Å²) in [6.07, 6.45) is 13.0. The van der Waals surface area contributed by atoms with Gasteiger partial charge in [0.15, 0.2) is 0 Å². The van der Waals surface area contributed by atoms with Crippen molar-refractivity contribution in [1.29, 1.82) is 0 Å². The predicted octanol–water partition coefficient (Wildman–Crippen LogP) is 4.06. The van der Waals surface area contributed by atoms with Crippen LogP contribution in [0.25, 0.3) is 0 Å². The molecule has 1 aliphatic carbocycles. The molecule has 0 spiro atoms. The monoisotopic (exact) mass is 280 g/mol. The predicted molar refractivity (Wildman–Crippen MR) is 88.1 cm³/mol. The summed E-state index contributed by atoms with van der Waals surface area (Å²) in [5.41, 5.74) is 0.562. The molecule has 0 bridgehead atoms. The molecule has 0 aromatic rings. The van der Waals surface area contributed by atoms with E-state index in [2.05, 4.69) is 24.1 Å². The molecule has 1 saturated heterocycles. The van der Waals surface area contributed by atoms with Gasteiger partial charge < -0.3 is 10.2 Å². The molecule has 118 valence electrons. The Hall–Kier alpha value is -0.0800. The lowest BCUT2D eigenvalue weighted by Gasteiger charge is -2.44. The zero-order chi connectivity index (χ0) is 14.3. The molecule has 2 aliphatic rings. The van der Waals surface area contributed by atoms with Crippen LogP contribution in [0.5, 0.6) is 0 Å². The SMILES string of the molecule is CCNCC1(CN2CCCCCCC2)CCCC(C)C1. The summed E-state index contributed by atoms with van der Waals surface area (Å²) < 4.78 is 0. The normalized spacial score (nSPS) is 33.6. The summed E-state index contributed by atoms with van der Waals surface area (Å²) in [4.78, 5) is 2.80. The van der Waals surface area contributed by atoms with E-state index in [0.29, 0.717) is 5.41 Å². The van der Waals surface area contributed by atoms with Crippen LogP contribution < -0.4 is 5.32 Å². The Morgan fingerprint density at radius 2 is 1.75 bits per heavy atom. The van der Waals surface area contributed by atoms with Crippen LogP contribution in [0, 0.1) is 11.3 Å². The molecule has 2 nitrogen and oxygen atoms in total. The second kappa shape index (κ2) is 8.38. The van der Waals surface area contributed by atoms with Gasteiger partial charge >= 0.3 is 0 Å². The van der Waals surface area contributed by atoms with E-state index >= 15 is 0 Å². The first kappa shape index (κ1) is 16.3. The zero-order valence-corrected chi connectivity index (χ0v) is 13.9. The van der Waals surface area contributed by atoms with E-state index in [1.54, 1.807) is 0 Å². The fourth-order valence-electron chi connectivity index (χ4n) is 4.46. The van der Waals surface area contributed by atoms with Crippen LogP contribution >= 0.6 is 0 Å². The molecule has 1 N–H and O–H groups in total. The van der Waals surface area contributed by atoms with Crippen molar-refractivity contribution in [3.05, 3.63) is 0 Å². The van der Waals surface area contributed by atoms with Crippen molar-refractivity contribution < 1.29 is 0 Å². The van der Waals surface area contributed by atoms with Crippen molar-refractivity contribution in [3.63, 3.8) is 0 Å². The van der Waals surface area contributed by atoms with Crippen LogP contribution in [0.1, 0.15) is 71.6 Å². The lowest BCUT2D eigenvalue weighted by molar-refractivity contribution is 0.0762. The first-order chi connectivity index (χ1) is 9.74. The Bertz CT molecular complexity index is 258. The maximum atomic E-state index is 3.67. The van der Waals surface area contributed by atoms with Gasteiger partial charge in [0.2, 0.25) is 0 Å². The molecule has 2 fully saturated rings. The number of likely N-dealkylation sites (tertiary alicyclic amines) is 1. The highest BCUT2D eigenvalue weighted by atomic mass is 15.1. The minimum atomic E-state index is 0.562. The standard InChI is InChI=1S/C18H36N2/c1-3-19-15-18(11-9-10-17(2)14-18)16-20-12-7-5-4-6-8-13-20/h17,19H,3-16H2,1-2H3. The number of rotatable bonds is 5. The lowest BCUT2D eigenvalue weighted by atomic mass is 9.69. The second-order valence-corrected chi connectivity index (χ2v) is 7.53. The highest BCUT2D eigenvalue weighted by molar-refractivity contribution is 4.90. The molecule has 2 heteroatoms.